The first kappa shape index (κ1) is 11.3. The molecule has 0 amide bonds. The Morgan fingerprint density at radius 1 is 1.22 bits per heavy atom. The zero-order valence-corrected chi connectivity index (χ0v) is 10.5. The Hall–Kier alpha value is -1.75. The smallest absolute Gasteiger partial charge is 0.156 e. The fraction of sp³-hybridized carbons (Fsp3) is 0.462. The second-order valence-electron chi connectivity index (χ2n) is 4.76. The standard InChI is InChI=1S/C13H17N5/c1-17-6-3-2-4-12(17)11-8-15-9-13(16-11)18-7-5-14-10-18/h5,7-10,12H,2-4,6H2,1H3. The second kappa shape index (κ2) is 4.86. The van der Waals surface area contributed by atoms with Gasteiger partial charge in [0.15, 0.2) is 5.82 Å². The van der Waals surface area contributed by atoms with Gasteiger partial charge in [0, 0.05) is 12.4 Å². The molecule has 0 radical (unpaired) electrons. The molecule has 3 heterocycles. The van der Waals surface area contributed by atoms with Crippen molar-refractivity contribution in [3.63, 3.8) is 0 Å². The van der Waals surface area contributed by atoms with Crippen LogP contribution in [0.2, 0.25) is 0 Å². The first-order valence-electron chi connectivity index (χ1n) is 6.35. The largest absolute Gasteiger partial charge is 0.298 e. The Morgan fingerprint density at radius 2 is 2.17 bits per heavy atom. The number of nitrogens with zero attached hydrogens (tertiary/aromatic N) is 5. The molecule has 1 unspecified atom stereocenters. The highest BCUT2D eigenvalue weighted by molar-refractivity contribution is 5.21. The van der Waals surface area contributed by atoms with E-state index in [-0.39, 0.29) is 0 Å². The van der Waals surface area contributed by atoms with E-state index in [2.05, 4.69) is 21.9 Å². The van der Waals surface area contributed by atoms with Crippen molar-refractivity contribution < 1.29 is 0 Å². The van der Waals surface area contributed by atoms with Gasteiger partial charge in [-0.05, 0) is 26.4 Å². The summed E-state index contributed by atoms with van der Waals surface area (Å²) in [6, 6.07) is 0.398. The van der Waals surface area contributed by atoms with Gasteiger partial charge in [0.25, 0.3) is 0 Å². The summed E-state index contributed by atoms with van der Waals surface area (Å²) in [5, 5.41) is 0. The van der Waals surface area contributed by atoms with Crippen LogP contribution in [0.3, 0.4) is 0 Å². The third-order valence-electron chi connectivity index (χ3n) is 3.52. The molecule has 0 aliphatic carbocycles. The number of hydrogen-bond acceptors (Lipinski definition) is 4. The minimum atomic E-state index is 0.398. The number of imidazole rings is 1. The number of rotatable bonds is 2. The van der Waals surface area contributed by atoms with Crippen LogP contribution in [0.25, 0.3) is 5.82 Å². The minimum Gasteiger partial charge on any atom is -0.298 e. The molecule has 1 saturated heterocycles. The Labute approximate surface area is 107 Å². The SMILES string of the molecule is CN1CCCCC1c1cncc(-n2ccnc2)n1. The highest BCUT2D eigenvalue weighted by Crippen LogP contribution is 2.27. The molecule has 94 valence electrons. The van der Waals surface area contributed by atoms with Crippen molar-refractivity contribution in [3.8, 4) is 5.82 Å². The maximum Gasteiger partial charge on any atom is 0.156 e. The summed E-state index contributed by atoms with van der Waals surface area (Å²) in [7, 11) is 2.16. The van der Waals surface area contributed by atoms with E-state index < -0.39 is 0 Å². The van der Waals surface area contributed by atoms with Gasteiger partial charge in [-0.25, -0.2) is 9.97 Å². The molecule has 1 aliphatic rings. The van der Waals surface area contributed by atoms with E-state index >= 15 is 0 Å². The van der Waals surface area contributed by atoms with Gasteiger partial charge in [0.1, 0.15) is 6.33 Å². The molecular weight excluding hydrogens is 226 g/mol. The molecule has 2 aromatic heterocycles. The Kier molecular flexibility index (Phi) is 3.06. The molecule has 1 aliphatic heterocycles. The van der Waals surface area contributed by atoms with Crippen molar-refractivity contribution >= 4 is 0 Å². The van der Waals surface area contributed by atoms with E-state index in [1.165, 1.54) is 19.3 Å². The lowest BCUT2D eigenvalue weighted by Crippen LogP contribution is -2.30. The van der Waals surface area contributed by atoms with Crippen LogP contribution in [0.1, 0.15) is 31.0 Å². The summed E-state index contributed by atoms with van der Waals surface area (Å²) >= 11 is 0. The van der Waals surface area contributed by atoms with Crippen molar-refractivity contribution in [2.24, 2.45) is 0 Å². The van der Waals surface area contributed by atoms with Crippen LogP contribution in [-0.2, 0) is 0 Å². The monoisotopic (exact) mass is 243 g/mol. The third kappa shape index (κ3) is 2.13. The zero-order valence-electron chi connectivity index (χ0n) is 10.5. The first-order valence-corrected chi connectivity index (χ1v) is 6.35. The predicted octanol–water partition coefficient (Wildman–Crippen LogP) is 1.82. The van der Waals surface area contributed by atoms with E-state index in [1.807, 2.05) is 17.0 Å². The van der Waals surface area contributed by atoms with Crippen LogP contribution >= 0.6 is 0 Å². The lowest BCUT2D eigenvalue weighted by Gasteiger charge is -2.31. The zero-order chi connectivity index (χ0) is 12.4. The van der Waals surface area contributed by atoms with Crippen molar-refractivity contribution in [2.75, 3.05) is 13.6 Å². The number of piperidine rings is 1. The average Bonchev–Trinajstić information content (AvgIpc) is 2.93. The van der Waals surface area contributed by atoms with E-state index in [9.17, 15) is 0 Å². The summed E-state index contributed by atoms with van der Waals surface area (Å²) in [6.07, 6.45) is 12.8. The Balaban J connectivity index is 1.91. The number of hydrogen-bond donors (Lipinski definition) is 0. The van der Waals surface area contributed by atoms with E-state index in [1.54, 1.807) is 18.7 Å². The topological polar surface area (TPSA) is 46.8 Å². The molecule has 0 bridgehead atoms. The third-order valence-corrected chi connectivity index (χ3v) is 3.52. The predicted molar refractivity (Wildman–Crippen MR) is 68.4 cm³/mol. The number of aromatic nitrogens is 4. The van der Waals surface area contributed by atoms with Crippen LogP contribution in [0.4, 0.5) is 0 Å². The molecule has 3 rings (SSSR count). The van der Waals surface area contributed by atoms with Gasteiger partial charge in [0.05, 0.1) is 24.1 Å². The molecule has 0 spiro atoms. The van der Waals surface area contributed by atoms with E-state index in [4.69, 9.17) is 4.98 Å². The van der Waals surface area contributed by atoms with Crippen LogP contribution in [0, 0.1) is 0 Å². The Morgan fingerprint density at radius 3 is 2.94 bits per heavy atom. The quantitative estimate of drug-likeness (QED) is 0.807. The highest BCUT2D eigenvalue weighted by atomic mass is 15.2. The second-order valence-corrected chi connectivity index (χ2v) is 4.76. The van der Waals surface area contributed by atoms with Crippen molar-refractivity contribution in [3.05, 3.63) is 36.8 Å². The van der Waals surface area contributed by atoms with Crippen LogP contribution in [-0.4, -0.2) is 38.0 Å². The maximum absolute atomic E-state index is 4.71. The summed E-state index contributed by atoms with van der Waals surface area (Å²) in [4.78, 5) is 15.4. The molecule has 0 aromatic carbocycles. The lowest BCUT2D eigenvalue weighted by molar-refractivity contribution is 0.183. The molecule has 18 heavy (non-hydrogen) atoms. The first-order chi connectivity index (χ1) is 8.84. The fourth-order valence-corrected chi connectivity index (χ4v) is 2.50. The molecule has 1 fully saturated rings. The van der Waals surface area contributed by atoms with E-state index in [0.29, 0.717) is 6.04 Å². The van der Waals surface area contributed by atoms with Gasteiger partial charge in [-0.2, -0.15) is 0 Å². The summed E-state index contributed by atoms with van der Waals surface area (Å²) < 4.78 is 1.89. The maximum atomic E-state index is 4.71. The highest BCUT2D eigenvalue weighted by Gasteiger charge is 2.22. The van der Waals surface area contributed by atoms with Gasteiger partial charge in [0.2, 0.25) is 0 Å². The summed E-state index contributed by atoms with van der Waals surface area (Å²) in [6.45, 7) is 1.14. The molecule has 0 saturated carbocycles. The van der Waals surface area contributed by atoms with Crippen molar-refractivity contribution in [1.82, 2.24) is 24.4 Å². The van der Waals surface area contributed by atoms with Gasteiger partial charge >= 0.3 is 0 Å². The molecule has 5 nitrogen and oxygen atoms in total. The molecule has 0 N–H and O–H groups in total. The molecule has 2 aromatic rings. The molecular formula is C13H17N5. The molecule has 5 heteroatoms. The van der Waals surface area contributed by atoms with Crippen LogP contribution in [0.15, 0.2) is 31.1 Å². The average molecular weight is 243 g/mol. The minimum absolute atomic E-state index is 0.398. The van der Waals surface area contributed by atoms with Gasteiger partial charge < -0.3 is 0 Å². The fourth-order valence-electron chi connectivity index (χ4n) is 2.50. The van der Waals surface area contributed by atoms with Crippen LogP contribution in [0.5, 0.6) is 0 Å². The van der Waals surface area contributed by atoms with Crippen molar-refractivity contribution in [2.45, 2.75) is 25.3 Å². The van der Waals surface area contributed by atoms with Gasteiger partial charge in [-0.3, -0.25) is 14.5 Å². The van der Waals surface area contributed by atoms with Crippen molar-refractivity contribution in [1.29, 1.82) is 0 Å². The van der Waals surface area contributed by atoms with Gasteiger partial charge in [-0.15, -0.1) is 0 Å². The Bertz CT molecular complexity index is 508. The number of likely N-dealkylation sites (tertiary alicyclic amines) is 1. The molecule has 1 atom stereocenters. The summed E-state index contributed by atoms with van der Waals surface area (Å²) in [5.41, 5.74) is 1.06. The van der Waals surface area contributed by atoms with E-state index in [0.717, 1.165) is 18.1 Å². The van der Waals surface area contributed by atoms with Crippen LogP contribution < -0.4 is 0 Å². The normalized spacial score (nSPS) is 21.1. The lowest BCUT2D eigenvalue weighted by atomic mass is 10.0. The summed E-state index contributed by atoms with van der Waals surface area (Å²) in [5.74, 6) is 0.837. The van der Waals surface area contributed by atoms with Gasteiger partial charge in [-0.1, -0.05) is 6.42 Å².